The molecule has 1 atom stereocenters. The zero-order valence-corrected chi connectivity index (χ0v) is 20.6. The highest BCUT2D eigenvalue weighted by atomic mass is 79.9. The predicted molar refractivity (Wildman–Crippen MR) is 133 cm³/mol. The number of nitrogens with one attached hydrogen (secondary N) is 1. The molecule has 0 saturated heterocycles. The fourth-order valence-corrected chi connectivity index (χ4v) is 3.85. The third-order valence-corrected chi connectivity index (χ3v) is 5.78. The molecule has 0 bridgehead atoms. The molecule has 0 radical (unpaired) electrons. The van der Waals surface area contributed by atoms with Crippen molar-refractivity contribution in [1.29, 1.82) is 0 Å². The van der Waals surface area contributed by atoms with Gasteiger partial charge in [0.1, 0.15) is 0 Å². The zero-order chi connectivity index (χ0) is 19.4. The molecule has 0 aromatic heterocycles. The van der Waals surface area contributed by atoms with Crippen LogP contribution in [0.5, 0.6) is 0 Å². The van der Waals surface area contributed by atoms with Gasteiger partial charge in [0, 0.05) is 6.04 Å². The van der Waals surface area contributed by atoms with Crippen molar-refractivity contribution in [3.8, 4) is 0 Å². The third-order valence-electron chi connectivity index (χ3n) is 5.78. The standard InChI is InChI=1S/C26H47N.BrH/c1-3-4-5-6-7-8-9-10-11-12-13-14-15-16-17-21-24-27-25(2)26-22-19-18-20-23-26;/h18-20,22-23,25,27H,3-17,21,24H2,1-2H3;1H. The first-order valence-corrected chi connectivity index (χ1v) is 12.1. The van der Waals surface area contributed by atoms with Crippen LogP contribution >= 0.6 is 17.0 Å². The van der Waals surface area contributed by atoms with Gasteiger partial charge >= 0.3 is 0 Å². The number of halogens is 1. The van der Waals surface area contributed by atoms with Gasteiger partial charge in [0.25, 0.3) is 0 Å². The predicted octanol–water partition coefficient (Wildman–Crippen LogP) is 9.18. The summed E-state index contributed by atoms with van der Waals surface area (Å²) in [5, 5.41) is 3.65. The van der Waals surface area contributed by atoms with Crippen molar-refractivity contribution in [1.82, 2.24) is 5.32 Å². The first-order chi connectivity index (χ1) is 13.3. The van der Waals surface area contributed by atoms with E-state index in [2.05, 4.69) is 49.5 Å². The lowest BCUT2D eigenvalue weighted by Crippen LogP contribution is -2.19. The first kappa shape index (κ1) is 27.7. The van der Waals surface area contributed by atoms with Crippen LogP contribution in [0.4, 0.5) is 0 Å². The maximum atomic E-state index is 3.65. The van der Waals surface area contributed by atoms with Crippen LogP contribution in [-0.2, 0) is 0 Å². The first-order valence-electron chi connectivity index (χ1n) is 12.1. The summed E-state index contributed by atoms with van der Waals surface area (Å²) in [5.74, 6) is 0. The molecule has 0 saturated carbocycles. The minimum Gasteiger partial charge on any atom is -0.310 e. The molecule has 0 amide bonds. The number of rotatable bonds is 19. The van der Waals surface area contributed by atoms with E-state index in [9.17, 15) is 0 Å². The van der Waals surface area contributed by atoms with E-state index in [-0.39, 0.29) is 17.0 Å². The quantitative estimate of drug-likeness (QED) is 0.205. The van der Waals surface area contributed by atoms with Crippen LogP contribution in [-0.4, -0.2) is 6.54 Å². The summed E-state index contributed by atoms with van der Waals surface area (Å²) in [7, 11) is 0. The van der Waals surface area contributed by atoms with E-state index in [1.807, 2.05) is 0 Å². The van der Waals surface area contributed by atoms with Gasteiger partial charge in [-0.2, -0.15) is 0 Å². The molecule has 1 N–H and O–H groups in total. The number of hydrogen-bond acceptors (Lipinski definition) is 1. The zero-order valence-electron chi connectivity index (χ0n) is 18.9. The van der Waals surface area contributed by atoms with Gasteiger partial charge in [-0.15, -0.1) is 17.0 Å². The molecule has 1 aromatic rings. The van der Waals surface area contributed by atoms with E-state index in [0.29, 0.717) is 6.04 Å². The van der Waals surface area contributed by atoms with Gasteiger partial charge < -0.3 is 5.32 Å². The van der Waals surface area contributed by atoms with Crippen LogP contribution in [0.1, 0.15) is 128 Å². The van der Waals surface area contributed by atoms with Crippen molar-refractivity contribution in [2.24, 2.45) is 0 Å². The lowest BCUT2D eigenvalue weighted by atomic mass is 10.0. The van der Waals surface area contributed by atoms with Gasteiger partial charge in [-0.1, -0.05) is 134 Å². The largest absolute Gasteiger partial charge is 0.310 e. The maximum Gasteiger partial charge on any atom is 0.0291 e. The van der Waals surface area contributed by atoms with Crippen molar-refractivity contribution < 1.29 is 0 Å². The molecule has 28 heavy (non-hydrogen) atoms. The van der Waals surface area contributed by atoms with Crippen molar-refractivity contribution in [2.75, 3.05) is 6.54 Å². The monoisotopic (exact) mass is 453 g/mol. The van der Waals surface area contributed by atoms with Crippen LogP contribution in [0.25, 0.3) is 0 Å². The fourth-order valence-electron chi connectivity index (χ4n) is 3.85. The van der Waals surface area contributed by atoms with E-state index in [0.717, 1.165) is 6.54 Å². The molecule has 0 fully saturated rings. The normalized spacial score (nSPS) is 11.9. The van der Waals surface area contributed by atoms with Crippen molar-refractivity contribution in [2.45, 2.75) is 123 Å². The number of hydrogen-bond donors (Lipinski definition) is 1. The van der Waals surface area contributed by atoms with Gasteiger partial charge in [0.2, 0.25) is 0 Å². The maximum absolute atomic E-state index is 3.65. The SMILES string of the molecule is Br.CCCCCCCCCCCCCCCCCCNC(C)c1ccccc1. The molecule has 1 nitrogen and oxygen atoms in total. The Morgan fingerprint density at radius 3 is 1.43 bits per heavy atom. The van der Waals surface area contributed by atoms with Crippen LogP contribution < -0.4 is 5.32 Å². The van der Waals surface area contributed by atoms with Crippen molar-refractivity contribution in [3.63, 3.8) is 0 Å². The molecule has 1 unspecified atom stereocenters. The minimum atomic E-state index is 0. The lowest BCUT2D eigenvalue weighted by molar-refractivity contribution is 0.512. The van der Waals surface area contributed by atoms with Gasteiger partial charge in [-0.3, -0.25) is 0 Å². The number of unbranched alkanes of at least 4 members (excludes halogenated alkanes) is 15. The number of benzene rings is 1. The molecule has 0 aliphatic rings. The van der Waals surface area contributed by atoms with Gasteiger partial charge in [0.05, 0.1) is 0 Å². The Balaban J connectivity index is 0.00000729. The second-order valence-electron chi connectivity index (χ2n) is 8.39. The van der Waals surface area contributed by atoms with Crippen molar-refractivity contribution >= 4 is 17.0 Å². The van der Waals surface area contributed by atoms with E-state index in [1.165, 1.54) is 108 Å². The van der Waals surface area contributed by atoms with Crippen LogP contribution in [0.3, 0.4) is 0 Å². The third kappa shape index (κ3) is 16.6. The molecular formula is C26H48BrN. The Hall–Kier alpha value is -0.340. The Bertz CT molecular complexity index is 406. The molecule has 1 aromatic carbocycles. The van der Waals surface area contributed by atoms with Gasteiger partial charge in [0.15, 0.2) is 0 Å². The molecule has 0 heterocycles. The lowest BCUT2D eigenvalue weighted by Gasteiger charge is -2.13. The molecule has 0 aliphatic carbocycles. The average Bonchev–Trinajstić information content (AvgIpc) is 2.70. The fraction of sp³-hybridized carbons (Fsp3) is 0.769. The Morgan fingerprint density at radius 2 is 1.00 bits per heavy atom. The molecule has 164 valence electrons. The highest BCUT2D eigenvalue weighted by molar-refractivity contribution is 8.93. The highest BCUT2D eigenvalue weighted by Crippen LogP contribution is 2.14. The summed E-state index contributed by atoms with van der Waals surface area (Å²) in [5.41, 5.74) is 1.40. The van der Waals surface area contributed by atoms with E-state index < -0.39 is 0 Å². The summed E-state index contributed by atoms with van der Waals surface area (Å²) in [6, 6.07) is 11.2. The summed E-state index contributed by atoms with van der Waals surface area (Å²) in [4.78, 5) is 0. The molecule has 1 rings (SSSR count). The Labute approximate surface area is 187 Å². The van der Waals surface area contributed by atoms with E-state index in [4.69, 9.17) is 0 Å². The summed E-state index contributed by atoms with van der Waals surface area (Å²) < 4.78 is 0. The summed E-state index contributed by atoms with van der Waals surface area (Å²) in [6.07, 6.45) is 23.0. The topological polar surface area (TPSA) is 12.0 Å². The average molecular weight is 455 g/mol. The second kappa shape index (κ2) is 21.4. The van der Waals surface area contributed by atoms with Gasteiger partial charge in [-0.05, 0) is 25.5 Å². The summed E-state index contributed by atoms with van der Waals surface area (Å²) in [6.45, 7) is 5.71. The van der Waals surface area contributed by atoms with Crippen LogP contribution in [0.2, 0.25) is 0 Å². The molecule has 0 spiro atoms. The highest BCUT2D eigenvalue weighted by Gasteiger charge is 2.02. The Kier molecular flexibility index (Phi) is 21.1. The second-order valence-corrected chi connectivity index (χ2v) is 8.39. The van der Waals surface area contributed by atoms with Crippen LogP contribution in [0, 0.1) is 0 Å². The smallest absolute Gasteiger partial charge is 0.0291 e. The van der Waals surface area contributed by atoms with E-state index >= 15 is 0 Å². The molecule has 0 aliphatic heterocycles. The minimum absolute atomic E-state index is 0. The molecule has 2 heteroatoms. The van der Waals surface area contributed by atoms with E-state index in [1.54, 1.807) is 0 Å². The van der Waals surface area contributed by atoms with Crippen LogP contribution in [0.15, 0.2) is 30.3 Å². The summed E-state index contributed by atoms with van der Waals surface area (Å²) >= 11 is 0. The Morgan fingerprint density at radius 1 is 0.607 bits per heavy atom. The van der Waals surface area contributed by atoms with Crippen molar-refractivity contribution in [3.05, 3.63) is 35.9 Å². The van der Waals surface area contributed by atoms with Gasteiger partial charge in [-0.25, -0.2) is 0 Å². The molecular weight excluding hydrogens is 406 g/mol.